The zero-order chi connectivity index (χ0) is 11.8. The Balaban J connectivity index is 1.84. The molecule has 3 rings (SSSR count). The Labute approximate surface area is 99.0 Å². The van der Waals surface area contributed by atoms with Crippen molar-refractivity contribution in [3.63, 3.8) is 0 Å². The second-order valence-corrected chi connectivity index (χ2v) is 4.85. The van der Waals surface area contributed by atoms with Crippen LogP contribution < -0.4 is 0 Å². The molecule has 2 aliphatic carbocycles. The number of rotatable bonds is 3. The molecular formula is C12H15N3O2. The summed E-state index contributed by atoms with van der Waals surface area (Å²) in [5.41, 5.74) is 0. The van der Waals surface area contributed by atoms with Crippen molar-refractivity contribution in [3.8, 4) is 0 Å². The van der Waals surface area contributed by atoms with Crippen LogP contribution in [0.4, 0.5) is 0 Å². The second kappa shape index (κ2) is 3.98. The SMILES string of the molecule is O=C(O)[C@H]1CC=CC[C@H]1c1nc(C2CC2)n[nH]1. The topological polar surface area (TPSA) is 78.9 Å². The van der Waals surface area contributed by atoms with Crippen LogP contribution in [-0.2, 0) is 4.79 Å². The predicted molar refractivity (Wildman–Crippen MR) is 60.6 cm³/mol. The number of nitrogens with one attached hydrogen (secondary N) is 1. The molecule has 17 heavy (non-hydrogen) atoms. The molecule has 0 saturated heterocycles. The number of aromatic nitrogens is 3. The van der Waals surface area contributed by atoms with Crippen LogP contribution in [-0.4, -0.2) is 26.3 Å². The summed E-state index contributed by atoms with van der Waals surface area (Å²) in [6, 6.07) is 0. The predicted octanol–water partition coefficient (Wildman–Crippen LogP) is 1.82. The summed E-state index contributed by atoms with van der Waals surface area (Å²) in [6.07, 6.45) is 7.60. The molecule has 0 spiro atoms. The summed E-state index contributed by atoms with van der Waals surface area (Å²) in [6.45, 7) is 0. The number of hydrogen-bond donors (Lipinski definition) is 2. The molecule has 1 aromatic rings. The maximum absolute atomic E-state index is 11.2. The average Bonchev–Trinajstić information content (AvgIpc) is 3.07. The van der Waals surface area contributed by atoms with Crippen molar-refractivity contribution in [2.75, 3.05) is 0 Å². The van der Waals surface area contributed by atoms with Gasteiger partial charge in [-0.1, -0.05) is 12.2 Å². The Morgan fingerprint density at radius 1 is 1.35 bits per heavy atom. The highest BCUT2D eigenvalue weighted by Gasteiger charge is 2.34. The van der Waals surface area contributed by atoms with E-state index in [1.165, 1.54) is 0 Å². The Morgan fingerprint density at radius 2 is 2.12 bits per heavy atom. The maximum Gasteiger partial charge on any atom is 0.307 e. The summed E-state index contributed by atoms with van der Waals surface area (Å²) in [5, 5.41) is 16.3. The van der Waals surface area contributed by atoms with E-state index in [4.69, 9.17) is 0 Å². The lowest BCUT2D eigenvalue weighted by Crippen LogP contribution is -2.24. The first kappa shape index (κ1) is 10.5. The molecule has 90 valence electrons. The molecule has 1 heterocycles. The fourth-order valence-electron chi connectivity index (χ4n) is 2.37. The van der Waals surface area contributed by atoms with Crippen LogP contribution in [0, 0.1) is 5.92 Å². The summed E-state index contributed by atoms with van der Waals surface area (Å²) in [4.78, 5) is 15.7. The van der Waals surface area contributed by atoms with Crippen LogP contribution in [0.1, 0.15) is 49.2 Å². The third kappa shape index (κ3) is 1.97. The average molecular weight is 233 g/mol. The van der Waals surface area contributed by atoms with E-state index in [1.54, 1.807) is 0 Å². The van der Waals surface area contributed by atoms with Gasteiger partial charge in [-0.05, 0) is 25.7 Å². The van der Waals surface area contributed by atoms with Crippen molar-refractivity contribution < 1.29 is 9.90 Å². The third-order valence-electron chi connectivity index (χ3n) is 3.56. The molecule has 2 N–H and O–H groups in total. The minimum absolute atomic E-state index is 0.0579. The Morgan fingerprint density at radius 3 is 2.82 bits per heavy atom. The van der Waals surface area contributed by atoms with Gasteiger partial charge in [-0.15, -0.1) is 0 Å². The highest BCUT2D eigenvalue weighted by atomic mass is 16.4. The first-order chi connectivity index (χ1) is 8.25. The third-order valence-corrected chi connectivity index (χ3v) is 3.56. The van der Waals surface area contributed by atoms with Gasteiger partial charge in [0.15, 0.2) is 5.82 Å². The molecule has 2 aliphatic rings. The van der Waals surface area contributed by atoms with Gasteiger partial charge in [-0.2, -0.15) is 5.10 Å². The van der Waals surface area contributed by atoms with Gasteiger partial charge in [0.1, 0.15) is 5.82 Å². The minimum Gasteiger partial charge on any atom is -0.481 e. The van der Waals surface area contributed by atoms with Crippen LogP contribution in [0.15, 0.2) is 12.2 Å². The summed E-state index contributed by atoms with van der Waals surface area (Å²) < 4.78 is 0. The van der Waals surface area contributed by atoms with Crippen LogP contribution in [0.2, 0.25) is 0 Å². The molecule has 5 nitrogen and oxygen atoms in total. The molecule has 0 aliphatic heterocycles. The zero-order valence-corrected chi connectivity index (χ0v) is 9.47. The van der Waals surface area contributed by atoms with Gasteiger partial charge in [0, 0.05) is 11.8 Å². The van der Waals surface area contributed by atoms with E-state index in [0.717, 1.165) is 30.9 Å². The quantitative estimate of drug-likeness (QED) is 0.780. The van der Waals surface area contributed by atoms with Crippen molar-refractivity contribution in [2.45, 2.75) is 37.5 Å². The molecule has 2 atom stereocenters. The van der Waals surface area contributed by atoms with Crippen molar-refractivity contribution in [1.82, 2.24) is 15.2 Å². The lowest BCUT2D eigenvalue weighted by molar-refractivity contribution is -0.142. The number of carboxylic acids is 1. The van der Waals surface area contributed by atoms with Gasteiger partial charge in [-0.3, -0.25) is 9.89 Å². The molecule has 1 fully saturated rings. The van der Waals surface area contributed by atoms with E-state index in [-0.39, 0.29) is 11.8 Å². The van der Waals surface area contributed by atoms with E-state index in [2.05, 4.69) is 15.2 Å². The van der Waals surface area contributed by atoms with Crippen molar-refractivity contribution in [2.24, 2.45) is 5.92 Å². The number of allylic oxidation sites excluding steroid dienone is 2. The smallest absolute Gasteiger partial charge is 0.307 e. The summed E-state index contributed by atoms with van der Waals surface area (Å²) in [5.74, 6) is 0.922. The van der Waals surface area contributed by atoms with Crippen LogP contribution in [0.25, 0.3) is 0 Å². The Kier molecular flexibility index (Phi) is 2.46. The Bertz CT molecular complexity index is 462. The van der Waals surface area contributed by atoms with E-state index >= 15 is 0 Å². The largest absolute Gasteiger partial charge is 0.481 e. The number of H-pyrrole nitrogens is 1. The van der Waals surface area contributed by atoms with Gasteiger partial charge < -0.3 is 5.11 Å². The lowest BCUT2D eigenvalue weighted by Gasteiger charge is -2.22. The molecule has 1 aromatic heterocycles. The zero-order valence-electron chi connectivity index (χ0n) is 9.47. The van der Waals surface area contributed by atoms with E-state index < -0.39 is 5.97 Å². The molecule has 0 unspecified atom stereocenters. The van der Waals surface area contributed by atoms with Gasteiger partial charge in [0.05, 0.1) is 5.92 Å². The minimum atomic E-state index is -0.747. The van der Waals surface area contributed by atoms with E-state index in [0.29, 0.717) is 12.3 Å². The molecule has 0 amide bonds. The van der Waals surface area contributed by atoms with Gasteiger partial charge in [0.2, 0.25) is 0 Å². The number of aliphatic carboxylic acids is 1. The number of nitrogens with zero attached hydrogens (tertiary/aromatic N) is 2. The molecule has 0 aromatic carbocycles. The van der Waals surface area contributed by atoms with Crippen LogP contribution in [0.3, 0.4) is 0 Å². The standard InChI is InChI=1S/C12H15N3O2/c16-12(17)9-4-2-1-3-8(9)11-13-10(14-15-11)7-5-6-7/h1-2,7-9H,3-6H2,(H,16,17)(H,13,14,15)/t8-,9+/m1/s1. The molecule has 0 radical (unpaired) electrons. The van der Waals surface area contributed by atoms with Gasteiger partial charge in [0.25, 0.3) is 0 Å². The van der Waals surface area contributed by atoms with Crippen LogP contribution >= 0.6 is 0 Å². The fourth-order valence-corrected chi connectivity index (χ4v) is 2.37. The van der Waals surface area contributed by atoms with Gasteiger partial charge >= 0.3 is 5.97 Å². The number of aromatic amines is 1. The molecule has 1 saturated carbocycles. The number of carbonyl (C=O) groups is 1. The maximum atomic E-state index is 11.2. The van der Waals surface area contributed by atoms with Crippen molar-refractivity contribution >= 4 is 5.97 Å². The molecule has 5 heteroatoms. The first-order valence-electron chi connectivity index (χ1n) is 6.05. The second-order valence-electron chi connectivity index (χ2n) is 4.85. The van der Waals surface area contributed by atoms with E-state index in [9.17, 15) is 9.90 Å². The lowest BCUT2D eigenvalue weighted by atomic mass is 9.82. The highest BCUT2D eigenvalue weighted by Crippen LogP contribution is 2.39. The normalized spacial score (nSPS) is 28.2. The summed E-state index contributed by atoms with van der Waals surface area (Å²) >= 11 is 0. The first-order valence-corrected chi connectivity index (χ1v) is 6.05. The Hall–Kier alpha value is -1.65. The number of carboxylic acid groups (broad SMARTS) is 1. The van der Waals surface area contributed by atoms with Crippen molar-refractivity contribution in [3.05, 3.63) is 23.8 Å². The van der Waals surface area contributed by atoms with Crippen molar-refractivity contribution in [1.29, 1.82) is 0 Å². The highest BCUT2D eigenvalue weighted by molar-refractivity contribution is 5.71. The van der Waals surface area contributed by atoms with Gasteiger partial charge in [-0.25, -0.2) is 4.98 Å². The summed E-state index contributed by atoms with van der Waals surface area (Å²) in [7, 11) is 0. The fraction of sp³-hybridized carbons (Fsp3) is 0.583. The van der Waals surface area contributed by atoms with Crippen LogP contribution in [0.5, 0.6) is 0 Å². The monoisotopic (exact) mass is 233 g/mol. The van der Waals surface area contributed by atoms with E-state index in [1.807, 2.05) is 12.2 Å². The molecular weight excluding hydrogens is 218 g/mol. The number of hydrogen-bond acceptors (Lipinski definition) is 3. The molecule has 0 bridgehead atoms.